The first-order chi connectivity index (χ1) is 13.5. The topological polar surface area (TPSA) is 51.9 Å². The highest BCUT2D eigenvalue weighted by atomic mass is 127. The van der Waals surface area contributed by atoms with Gasteiger partial charge in [-0.05, 0) is 81.6 Å². The molecule has 0 radical (unpaired) electrons. The Kier molecular flexibility index (Phi) is 6.78. The SMILES string of the molecule is OCCN1CCN(C[C@@H](O)Cn2c3ccc(I)cc3c3cc(I)ccc32)CC1. The van der Waals surface area contributed by atoms with Gasteiger partial charge in [-0.1, -0.05) is 0 Å². The predicted octanol–water partition coefficient (Wildman–Crippen LogP) is 2.97. The van der Waals surface area contributed by atoms with Crippen LogP contribution in [0.3, 0.4) is 0 Å². The van der Waals surface area contributed by atoms with Crippen LogP contribution in [0.25, 0.3) is 21.8 Å². The minimum atomic E-state index is -0.415. The largest absolute Gasteiger partial charge is 0.395 e. The molecule has 0 saturated carbocycles. The fourth-order valence-electron chi connectivity index (χ4n) is 4.15. The number of β-amino-alcohol motifs (C(OH)–C–C–N with tert-alkyl or cyclic N) is 2. The maximum Gasteiger partial charge on any atom is 0.0845 e. The average Bonchev–Trinajstić information content (AvgIpc) is 2.96. The van der Waals surface area contributed by atoms with Crippen LogP contribution in [0.5, 0.6) is 0 Å². The summed E-state index contributed by atoms with van der Waals surface area (Å²) < 4.78 is 4.72. The van der Waals surface area contributed by atoms with Gasteiger partial charge in [0.2, 0.25) is 0 Å². The van der Waals surface area contributed by atoms with Crippen molar-refractivity contribution in [2.24, 2.45) is 0 Å². The van der Waals surface area contributed by atoms with Crippen molar-refractivity contribution in [1.82, 2.24) is 14.4 Å². The second kappa shape index (κ2) is 9.13. The molecule has 5 nitrogen and oxygen atoms in total. The van der Waals surface area contributed by atoms with E-state index >= 15 is 0 Å². The highest BCUT2D eigenvalue weighted by Gasteiger charge is 2.20. The quantitative estimate of drug-likeness (QED) is 0.425. The van der Waals surface area contributed by atoms with Crippen molar-refractivity contribution in [2.45, 2.75) is 12.6 Å². The number of fused-ring (bicyclic) bond motifs is 3. The van der Waals surface area contributed by atoms with Crippen LogP contribution in [-0.4, -0.2) is 76.6 Å². The van der Waals surface area contributed by atoms with E-state index < -0.39 is 6.10 Å². The summed E-state index contributed by atoms with van der Waals surface area (Å²) in [6, 6.07) is 13.1. The molecular formula is C21H25I2N3O2. The van der Waals surface area contributed by atoms with E-state index in [4.69, 9.17) is 5.11 Å². The van der Waals surface area contributed by atoms with E-state index in [0.29, 0.717) is 13.1 Å². The van der Waals surface area contributed by atoms with Gasteiger partial charge >= 0.3 is 0 Å². The number of halogens is 2. The first-order valence-corrected chi connectivity index (χ1v) is 11.8. The normalized spacial score (nSPS) is 17.6. The molecule has 28 heavy (non-hydrogen) atoms. The zero-order valence-electron chi connectivity index (χ0n) is 15.7. The van der Waals surface area contributed by atoms with Crippen molar-refractivity contribution >= 4 is 67.0 Å². The maximum atomic E-state index is 10.9. The van der Waals surface area contributed by atoms with E-state index in [2.05, 4.69) is 95.9 Å². The van der Waals surface area contributed by atoms with Crippen LogP contribution in [0.1, 0.15) is 0 Å². The third-order valence-electron chi connectivity index (χ3n) is 5.53. The number of rotatable bonds is 6. The van der Waals surface area contributed by atoms with Crippen molar-refractivity contribution < 1.29 is 10.2 Å². The van der Waals surface area contributed by atoms with Gasteiger partial charge in [-0.3, -0.25) is 9.80 Å². The van der Waals surface area contributed by atoms with Gasteiger partial charge in [0.1, 0.15) is 0 Å². The highest BCUT2D eigenvalue weighted by molar-refractivity contribution is 14.1. The fourth-order valence-corrected chi connectivity index (χ4v) is 5.13. The van der Waals surface area contributed by atoms with Crippen molar-refractivity contribution in [2.75, 3.05) is 45.9 Å². The van der Waals surface area contributed by atoms with Gasteiger partial charge in [0.05, 0.1) is 19.3 Å². The lowest BCUT2D eigenvalue weighted by Gasteiger charge is -2.35. The summed E-state index contributed by atoms with van der Waals surface area (Å²) in [5.41, 5.74) is 2.37. The molecule has 3 aromatic rings. The Bertz CT molecular complexity index is 908. The van der Waals surface area contributed by atoms with Crippen LogP contribution < -0.4 is 0 Å². The molecule has 1 aliphatic heterocycles. The molecule has 4 rings (SSSR count). The van der Waals surface area contributed by atoms with E-state index in [1.807, 2.05) is 0 Å². The molecule has 2 N–H and O–H groups in total. The molecule has 0 amide bonds. The lowest BCUT2D eigenvalue weighted by Crippen LogP contribution is -2.49. The number of nitrogens with zero attached hydrogens (tertiary/aromatic N) is 3. The van der Waals surface area contributed by atoms with E-state index in [-0.39, 0.29) is 6.61 Å². The van der Waals surface area contributed by atoms with Crippen LogP contribution in [-0.2, 0) is 6.54 Å². The molecular weight excluding hydrogens is 580 g/mol. The van der Waals surface area contributed by atoms with E-state index in [1.165, 1.54) is 28.9 Å². The smallest absolute Gasteiger partial charge is 0.0845 e. The Morgan fingerprint density at radius 3 is 1.89 bits per heavy atom. The molecule has 0 aliphatic carbocycles. The number of hydrogen-bond donors (Lipinski definition) is 2. The molecule has 150 valence electrons. The zero-order chi connectivity index (χ0) is 19.7. The standard InChI is InChI=1S/C21H25I2N3O2/c22-15-1-3-20-18(11-15)19-12-16(23)2-4-21(19)26(20)14-17(28)13-25-7-5-24(6-8-25)9-10-27/h1-4,11-12,17,27-28H,5-10,13-14H2/t17-/m1/s1. The van der Waals surface area contributed by atoms with Crippen LogP contribution >= 0.6 is 45.2 Å². The number of aliphatic hydroxyl groups is 2. The minimum Gasteiger partial charge on any atom is -0.395 e. The molecule has 1 aliphatic rings. The van der Waals surface area contributed by atoms with Crippen molar-refractivity contribution in [3.05, 3.63) is 43.5 Å². The van der Waals surface area contributed by atoms with Gasteiger partial charge in [0.25, 0.3) is 0 Å². The first kappa shape index (κ1) is 20.8. The molecule has 0 spiro atoms. The summed E-state index contributed by atoms with van der Waals surface area (Å²) in [5, 5.41) is 22.4. The van der Waals surface area contributed by atoms with Gasteiger partial charge in [-0.2, -0.15) is 0 Å². The van der Waals surface area contributed by atoms with Crippen molar-refractivity contribution in [1.29, 1.82) is 0 Å². The number of aliphatic hydroxyl groups excluding tert-OH is 2. The number of benzene rings is 2. The highest BCUT2D eigenvalue weighted by Crippen LogP contribution is 2.31. The Hall–Kier alpha value is -0.460. The van der Waals surface area contributed by atoms with Crippen molar-refractivity contribution in [3.8, 4) is 0 Å². The third-order valence-corrected chi connectivity index (χ3v) is 6.87. The average molecular weight is 605 g/mol. The monoisotopic (exact) mass is 605 g/mol. The van der Waals surface area contributed by atoms with Gasteiger partial charge in [-0.25, -0.2) is 0 Å². The summed E-state index contributed by atoms with van der Waals surface area (Å²) >= 11 is 4.72. The van der Waals surface area contributed by atoms with E-state index in [0.717, 1.165) is 32.7 Å². The second-order valence-corrected chi connectivity index (χ2v) is 9.94. The van der Waals surface area contributed by atoms with Gasteiger partial charge in [0, 0.05) is 68.2 Å². The number of piperazine rings is 1. The number of hydrogen-bond acceptors (Lipinski definition) is 4. The second-order valence-electron chi connectivity index (χ2n) is 7.45. The lowest BCUT2D eigenvalue weighted by molar-refractivity contribution is 0.0601. The summed E-state index contributed by atoms with van der Waals surface area (Å²) in [7, 11) is 0. The molecule has 1 saturated heterocycles. The van der Waals surface area contributed by atoms with Crippen LogP contribution in [0.15, 0.2) is 36.4 Å². The van der Waals surface area contributed by atoms with Gasteiger partial charge in [-0.15, -0.1) is 0 Å². The van der Waals surface area contributed by atoms with Crippen molar-refractivity contribution in [3.63, 3.8) is 0 Å². The first-order valence-electron chi connectivity index (χ1n) is 9.66. The fraction of sp³-hybridized carbons (Fsp3) is 0.429. The Balaban J connectivity index is 1.54. The summed E-state index contributed by atoms with van der Waals surface area (Å²) in [6.45, 7) is 6.05. The maximum absolute atomic E-state index is 10.9. The van der Waals surface area contributed by atoms with Gasteiger partial charge < -0.3 is 14.8 Å². The predicted molar refractivity (Wildman–Crippen MR) is 131 cm³/mol. The Morgan fingerprint density at radius 2 is 1.36 bits per heavy atom. The molecule has 0 unspecified atom stereocenters. The zero-order valence-corrected chi connectivity index (χ0v) is 20.0. The minimum absolute atomic E-state index is 0.217. The summed E-state index contributed by atoms with van der Waals surface area (Å²) in [5.74, 6) is 0. The molecule has 0 bridgehead atoms. The van der Waals surface area contributed by atoms with E-state index in [9.17, 15) is 5.11 Å². The molecule has 1 aromatic heterocycles. The lowest BCUT2D eigenvalue weighted by atomic mass is 10.2. The van der Waals surface area contributed by atoms with Crippen LogP contribution in [0.4, 0.5) is 0 Å². The summed E-state index contributed by atoms with van der Waals surface area (Å²) in [6.07, 6.45) is -0.415. The summed E-state index contributed by atoms with van der Waals surface area (Å²) in [4.78, 5) is 4.61. The Labute approximate surface area is 192 Å². The molecule has 1 atom stereocenters. The molecule has 2 heterocycles. The molecule has 2 aromatic carbocycles. The van der Waals surface area contributed by atoms with E-state index in [1.54, 1.807) is 0 Å². The van der Waals surface area contributed by atoms with Crippen LogP contribution in [0.2, 0.25) is 0 Å². The third kappa shape index (κ3) is 4.49. The number of aromatic nitrogens is 1. The van der Waals surface area contributed by atoms with Gasteiger partial charge in [0.15, 0.2) is 0 Å². The van der Waals surface area contributed by atoms with Crippen LogP contribution in [0, 0.1) is 7.14 Å². The Morgan fingerprint density at radius 1 is 0.821 bits per heavy atom. The molecule has 1 fully saturated rings. The molecule has 7 heteroatoms.